The third-order valence-electron chi connectivity index (χ3n) is 3.54. The van der Waals surface area contributed by atoms with E-state index in [1.807, 2.05) is 48.7 Å². The molecule has 0 spiro atoms. The number of anilines is 1. The summed E-state index contributed by atoms with van der Waals surface area (Å²) in [5.74, 6) is 0.486. The third-order valence-corrected chi connectivity index (χ3v) is 4.95. The Hall–Kier alpha value is -1.46. The maximum atomic E-state index is 12.1. The normalized spacial score (nSPS) is 11.2. The van der Waals surface area contributed by atoms with Crippen LogP contribution in [0.25, 0.3) is 0 Å². The first-order chi connectivity index (χ1) is 11.3. The molecule has 2 rings (SSSR count). The Morgan fingerprint density at radius 3 is 2.54 bits per heavy atom. The molecule has 0 saturated carbocycles. The fraction of sp³-hybridized carbons (Fsp3) is 0.316. The van der Waals surface area contributed by atoms with Gasteiger partial charge in [-0.25, -0.2) is 0 Å². The number of thioether (sulfide) groups is 1. The van der Waals surface area contributed by atoms with E-state index >= 15 is 0 Å². The first kappa shape index (κ1) is 18.9. The summed E-state index contributed by atoms with van der Waals surface area (Å²) in [5.41, 5.74) is 2.08. The van der Waals surface area contributed by atoms with Gasteiger partial charge in [0.1, 0.15) is 5.75 Å². The van der Waals surface area contributed by atoms with Crippen LogP contribution in [0.5, 0.6) is 5.75 Å². The zero-order valence-corrected chi connectivity index (χ0v) is 16.8. The molecule has 1 amide bonds. The minimum atomic E-state index is -0.178. The van der Waals surface area contributed by atoms with Gasteiger partial charge in [0.15, 0.2) is 6.61 Å². The molecule has 3 nitrogen and oxygen atoms in total. The van der Waals surface area contributed by atoms with E-state index in [2.05, 4.69) is 42.0 Å². The first-order valence-electron chi connectivity index (χ1n) is 7.67. The third kappa shape index (κ3) is 5.02. The Labute approximate surface area is 156 Å². The van der Waals surface area contributed by atoms with Crippen molar-refractivity contribution in [2.45, 2.75) is 31.1 Å². The van der Waals surface area contributed by atoms with Crippen molar-refractivity contribution in [1.82, 2.24) is 0 Å². The number of benzene rings is 2. The van der Waals surface area contributed by atoms with Gasteiger partial charge in [0.05, 0.1) is 10.2 Å². The summed E-state index contributed by atoms with van der Waals surface area (Å²) in [4.78, 5) is 13.2. The Balaban J connectivity index is 1.99. The van der Waals surface area contributed by atoms with Gasteiger partial charge in [-0.15, -0.1) is 11.8 Å². The highest BCUT2D eigenvalue weighted by Crippen LogP contribution is 2.31. The highest BCUT2D eigenvalue weighted by atomic mass is 79.9. The van der Waals surface area contributed by atoms with Gasteiger partial charge in [0.25, 0.3) is 5.91 Å². The van der Waals surface area contributed by atoms with Crippen LogP contribution >= 0.6 is 27.7 Å². The minimum absolute atomic E-state index is 0.0316. The standard InChI is InChI=1S/C19H22BrNO2S/c1-19(2,3)13-9-10-16(14(20)11-13)23-12-18(22)21-15-7-5-6-8-17(15)24-4/h5-11H,12H2,1-4H3,(H,21,22). The molecule has 0 fully saturated rings. The number of carbonyl (C=O) groups excluding carboxylic acids is 1. The maximum absolute atomic E-state index is 12.1. The summed E-state index contributed by atoms with van der Waals surface area (Å²) in [6, 6.07) is 13.7. The van der Waals surface area contributed by atoms with Gasteiger partial charge >= 0.3 is 0 Å². The van der Waals surface area contributed by atoms with Crippen molar-refractivity contribution in [1.29, 1.82) is 0 Å². The predicted molar refractivity (Wildman–Crippen MR) is 105 cm³/mol. The van der Waals surface area contributed by atoms with E-state index in [1.165, 1.54) is 5.56 Å². The molecule has 0 heterocycles. The number of para-hydroxylation sites is 1. The van der Waals surface area contributed by atoms with Gasteiger partial charge in [-0.1, -0.05) is 39.0 Å². The molecule has 0 saturated heterocycles. The van der Waals surface area contributed by atoms with E-state index in [0.29, 0.717) is 5.75 Å². The molecule has 0 aromatic heterocycles. The Morgan fingerprint density at radius 1 is 1.21 bits per heavy atom. The highest BCUT2D eigenvalue weighted by Gasteiger charge is 2.16. The zero-order chi connectivity index (χ0) is 17.7. The molecule has 1 N–H and O–H groups in total. The highest BCUT2D eigenvalue weighted by molar-refractivity contribution is 9.10. The van der Waals surface area contributed by atoms with Crippen LogP contribution in [0.2, 0.25) is 0 Å². The van der Waals surface area contributed by atoms with E-state index in [-0.39, 0.29) is 17.9 Å². The number of halogens is 1. The largest absolute Gasteiger partial charge is 0.483 e. The number of ether oxygens (including phenoxy) is 1. The summed E-state index contributed by atoms with van der Waals surface area (Å²) in [6.45, 7) is 6.44. The summed E-state index contributed by atoms with van der Waals surface area (Å²) in [5, 5.41) is 2.89. The molecule has 0 atom stereocenters. The molecular weight excluding hydrogens is 386 g/mol. The number of hydrogen-bond donors (Lipinski definition) is 1. The van der Waals surface area contributed by atoms with Gasteiger partial charge in [-0.2, -0.15) is 0 Å². The van der Waals surface area contributed by atoms with Crippen LogP contribution < -0.4 is 10.1 Å². The number of nitrogens with one attached hydrogen (secondary N) is 1. The van der Waals surface area contributed by atoms with Crippen LogP contribution in [0.3, 0.4) is 0 Å². The fourth-order valence-corrected chi connectivity index (χ4v) is 3.21. The second-order valence-electron chi connectivity index (χ2n) is 6.43. The molecule has 5 heteroatoms. The molecule has 0 radical (unpaired) electrons. The van der Waals surface area contributed by atoms with Crippen molar-refractivity contribution < 1.29 is 9.53 Å². The lowest BCUT2D eigenvalue weighted by Crippen LogP contribution is -2.20. The first-order valence-corrected chi connectivity index (χ1v) is 9.68. The summed E-state index contributed by atoms with van der Waals surface area (Å²) in [7, 11) is 0. The van der Waals surface area contributed by atoms with Crippen LogP contribution in [-0.4, -0.2) is 18.8 Å². The molecule has 128 valence electrons. The van der Waals surface area contributed by atoms with Crippen LogP contribution in [-0.2, 0) is 10.2 Å². The number of hydrogen-bond acceptors (Lipinski definition) is 3. The van der Waals surface area contributed by atoms with Crippen molar-refractivity contribution in [3.05, 3.63) is 52.5 Å². The van der Waals surface area contributed by atoms with Crippen LogP contribution in [0, 0.1) is 0 Å². The van der Waals surface area contributed by atoms with E-state index in [1.54, 1.807) is 11.8 Å². The monoisotopic (exact) mass is 407 g/mol. The van der Waals surface area contributed by atoms with Crippen LogP contribution in [0.15, 0.2) is 51.8 Å². The number of carbonyl (C=O) groups is 1. The Kier molecular flexibility index (Phi) is 6.35. The fourth-order valence-electron chi connectivity index (χ4n) is 2.16. The summed E-state index contributed by atoms with van der Waals surface area (Å²) >= 11 is 5.11. The maximum Gasteiger partial charge on any atom is 0.262 e. The Morgan fingerprint density at radius 2 is 1.92 bits per heavy atom. The molecule has 2 aromatic carbocycles. The molecule has 0 aliphatic heterocycles. The van der Waals surface area contributed by atoms with Gasteiger partial charge in [-0.3, -0.25) is 4.79 Å². The quantitative estimate of drug-likeness (QED) is 0.666. The van der Waals surface area contributed by atoms with Gasteiger partial charge < -0.3 is 10.1 Å². The molecule has 24 heavy (non-hydrogen) atoms. The Bertz CT molecular complexity index is 726. The second-order valence-corrected chi connectivity index (χ2v) is 8.13. The van der Waals surface area contributed by atoms with E-state index in [4.69, 9.17) is 4.74 Å². The van der Waals surface area contributed by atoms with E-state index in [9.17, 15) is 4.79 Å². The van der Waals surface area contributed by atoms with Gasteiger partial charge in [0.2, 0.25) is 0 Å². The molecule has 2 aromatic rings. The van der Waals surface area contributed by atoms with Crippen molar-refractivity contribution in [3.63, 3.8) is 0 Å². The van der Waals surface area contributed by atoms with E-state index < -0.39 is 0 Å². The number of amides is 1. The second kappa shape index (κ2) is 8.08. The zero-order valence-electron chi connectivity index (χ0n) is 14.4. The average Bonchev–Trinajstić information content (AvgIpc) is 2.53. The van der Waals surface area contributed by atoms with Crippen molar-refractivity contribution in [2.24, 2.45) is 0 Å². The van der Waals surface area contributed by atoms with Crippen molar-refractivity contribution in [3.8, 4) is 5.75 Å². The molecular formula is C19H22BrNO2S. The molecule has 0 bridgehead atoms. The predicted octanol–water partition coefficient (Wildman–Crippen LogP) is 5.49. The van der Waals surface area contributed by atoms with Gasteiger partial charge in [-0.05, 0) is 57.4 Å². The van der Waals surface area contributed by atoms with Crippen molar-refractivity contribution in [2.75, 3.05) is 18.2 Å². The lowest BCUT2D eigenvalue weighted by molar-refractivity contribution is -0.118. The summed E-state index contributed by atoms with van der Waals surface area (Å²) < 4.78 is 6.50. The van der Waals surface area contributed by atoms with Crippen molar-refractivity contribution >= 4 is 39.3 Å². The summed E-state index contributed by atoms with van der Waals surface area (Å²) in [6.07, 6.45) is 1.98. The lowest BCUT2D eigenvalue weighted by Gasteiger charge is -2.20. The number of rotatable bonds is 5. The van der Waals surface area contributed by atoms with Gasteiger partial charge in [0, 0.05) is 4.90 Å². The molecule has 0 aliphatic rings. The lowest BCUT2D eigenvalue weighted by atomic mass is 9.87. The molecule has 0 aliphatic carbocycles. The van der Waals surface area contributed by atoms with Crippen LogP contribution in [0.4, 0.5) is 5.69 Å². The average molecular weight is 408 g/mol. The smallest absolute Gasteiger partial charge is 0.262 e. The topological polar surface area (TPSA) is 38.3 Å². The van der Waals surface area contributed by atoms with Crippen LogP contribution in [0.1, 0.15) is 26.3 Å². The minimum Gasteiger partial charge on any atom is -0.483 e. The SMILES string of the molecule is CSc1ccccc1NC(=O)COc1ccc(C(C)(C)C)cc1Br. The van der Waals surface area contributed by atoms with E-state index in [0.717, 1.165) is 15.1 Å². The molecule has 0 unspecified atom stereocenters.